The number of rotatable bonds is 3. The molecular formula is C13H16BrN3O. The summed E-state index contributed by atoms with van der Waals surface area (Å²) in [6, 6.07) is 5.99. The fourth-order valence-corrected chi connectivity index (χ4v) is 2.68. The zero-order chi connectivity index (χ0) is 13.3. The molecular weight excluding hydrogens is 294 g/mol. The van der Waals surface area contributed by atoms with Gasteiger partial charge in [0, 0.05) is 19.2 Å². The molecule has 0 saturated carbocycles. The van der Waals surface area contributed by atoms with Crippen molar-refractivity contribution >= 4 is 15.9 Å². The maximum atomic E-state index is 5.80. The van der Waals surface area contributed by atoms with Gasteiger partial charge in [-0.2, -0.15) is 5.10 Å². The van der Waals surface area contributed by atoms with Gasteiger partial charge in [0.15, 0.2) is 0 Å². The second-order valence-electron chi connectivity index (χ2n) is 4.08. The van der Waals surface area contributed by atoms with Gasteiger partial charge in [0.2, 0.25) is 0 Å². The number of ether oxygens (including phenoxy) is 1. The zero-order valence-corrected chi connectivity index (χ0v) is 12.3. The first kappa shape index (κ1) is 13.1. The maximum Gasteiger partial charge on any atom is 0.133 e. The van der Waals surface area contributed by atoms with Gasteiger partial charge < -0.3 is 10.5 Å². The maximum absolute atomic E-state index is 5.80. The van der Waals surface area contributed by atoms with Crippen molar-refractivity contribution in [1.29, 1.82) is 0 Å². The average molecular weight is 310 g/mol. The summed E-state index contributed by atoms with van der Waals surface area (Å²) in [5, 5.41) is 4.42. The van der Waals surface area contributed by atoms with Crippen LogP contribution in [0.5, 0.6) is 5.75 Å². The van der Waals surface area contributed by atoms with E-state index in [1.807, 2.05) is 36.9 Å². The van der Waals surface area contributed by atoms with Gasteiger partial charge in [0.1, 0.15) is 5.75 Å². The molecule has 0 radical (unpaired) electrons. The van der Waals surface area contributed by atoms with Gasteiger partial charge in [-0.25, -0.2) is 0 Å². The van der Waals surface area contributed by atoms with E-state index in [-0.39, 0.29) is 0 Å². The van der Waals surface area contributed by atoms with Crippen LogP contribution in [0.25, 0.3) is 11.1 Å². The number of halogens is 1. The summed E-state index contributed by atoms with van der Waals surface area (Å²) in [6.07, 6.45) is 0. The van der Waals surface area contributed by atoms with Crippen LogP contribution >= 0.6 is 15.9 Å². The van der Waals surface area contributed by atoms with E-state index >= 15 is 0 Å². The number of methoxy groups -OCH3 is 1. The zero-order valence-electron chi connectivity index (χ0n) is 10.7. The van der Waals surface area contributed by atoms with Crippen LogP contribution in [0.2, 0.25) is 0 Å². The molecule has 0 amide bonds. The van der Waals surface area contributed by atoms with Crippen LogP contribution in [0.15, 0.2) is 22.7 Å². The third-order valence-electron chi connectivity index (χ3n) is 2.97. The van der Waals surface area contributed by atoms with Crippen molar-refractivity contribution < 1.29 is 4.74 Å². The van der Waals surface area contributed by atoms with E-state index in [2.05, 4.69) is 21.0 Å². The van der Waals surface area contributed by atoms with E-state index in [4.69, 9.17) is 10.5 Å². The summed E-state index contributed by atoms with van der Waals surface area (Å²) in [4.78, 5) is 0. The Morgan fingerprint density at radius 3 is 2.72 bits per heavy atom. The van der Waals surface area contributed by atoms with Gasteiger partial charge in [0.25, 0.3) is 0 Å². The lowest BCUT2D eigenvalue weighted by Gasteiger charge is -2.08. The highest BCUT2D eigenvalue weighted by molar-refractivity contribution is 9.10. The lowest BCUT2D eigenvalue weighted by Crippen LogP contribution is -2.05. The van der Waals surface area contributed by atoms with Crippen LogP contribution in [-0.4, -0.2) is 16.9 Å². The Morgan fingerprint density at radius 2 is 2.17 bits per heavy atom. The largest absolute Gasteiger partial charge is 0.496 e. The van der Waals surface area contributed by atoms with E-state index < -0.39 is 0 Å². The molecule has 0 bridgehead atoms. The molecule has 0 aliphatic heterocycles. The van der Waals surface area contributed by atoms with Crippen molar-refractivity contribution in [2.75, 3.05) is 7.11 Å². The number of hydrogen-bond donors (Lipinski definition) is 1. The Labute approximate surface area is 115 Å². The van der Waals surface area contributed by atoms with E-state index in [0.29, 0.717) is 6.54 Å². The first-order valence-corrected chi connectivity index (χ1v) is 6.44. The molecule has 2 N–H and O–H groups in total. The van der Waals surface area contributed by atoms with E-state index in [9.17, 15) is 0 Å². The molecule has 0 aliphatic rings. The Morgan fingerprint density at radius 1 is 1.44 bits per heavy atom. The monoisotopic (exact) mass is 309 g/mol. The molecule has 18 heavy (non-hydrogen) atoms. The highest BCUT2D eigenvalue weighted by Crippen LogP contribution is 2.33. The second-order valence-corrected chi connectivity index (χ2v) is 4.94. The summed E-state index contributed by atoms with van der Waals surface area (Å²) < 4.78 is 8.00. The molecule has 1 heterocycles. The molecule has 1 aromatic carbocycles. The molecule has 0 unspecified atom stereocenters. The molecule has 96 valence electrons. The molecule has 0 aliphatic carbocycles. The topological polar surface area (TPSA) is 53.1 Å². The number of hydrogen-bond acceptors (Lipinski definition) is 3. The summed E-state index contributed by atoms with van der Waals surface area (Å²) in [5.41, 5.74) is 10.0. The first-order valence-electron chi connectivity index (χ1n) is 5.65. The van der Waals surface area contributed by atoms with Gasteiger partial charge in [-0.3, -0.25) is 4.68 Å². The van der Waals surface area contributed by atoms with Gasteiger partial charge >= 0.3 is 0 Å². The molecule has 0 saturated heterocycles. The van der Waals surface area contributed by atoms with Crippen molar-refractivity contribution in [2.24, 2.45) is 12.8 Å². The molecule has 0 fully saturated rings. The second kappa shape index (κ2) is 5.12. The summed E-state index contributed by atoms with van der Waals surface area (Å²) in [5.74, 6) is 0.814. The molecule has 0 atom stereocenters. The molecule has 2 rings (SSSR count). The Kier molecular flexibility index (Phi) is 3.73. The molecule has 0 spiro atoms. The van der Waals surface area contributed by atoms with E-state index in [1.165, 1.54) is 0 Å². The van der Waals surface area contributed by atoms with Gasteiger partial charge in [-0.05, 0) is 40.5 Å². The average Bonchev–Trinajstić information content (AvgIpc) is 2.63. The molecule has 1 aromatic heterocycles. The lowest BCUT2D eigenvalue weighted by molar-refractivity contribution is 0.412. The summed E-state index contributed by atoms with van der Waals surface area (Å²) >= 11 is 3.50. The van der Waals surface area contributed by atoms with Gasteiger partial charge in [-0.15, -0.1) is 0 Å². The Bertz CT molecular complexity index is 578. The van der Waals surface area contributed by atoms with Crippen molar-refractivity contribution in [1.82, 2.24) is 9.78 Å². The smallest absolute Gasteiger partial charge is 0.133 e. The number of nitrogens with zero attached hydrogens (tertiary/aromatic N) is 2. The third-order valence-corrected chi connectivity index (χ3v) is 3.59. The third kappa shape index (κ3) is 2.15. The van der Waals surface area contributed by atoms with Crippen molar-refractivity contribution in [3.8, 4) is 16.9 Å². The standard InChI is InChI=1S/C13H16BrN3O/c1-8-13(11(7-15)17(2)16-8)9-4-5-12(18-3)10(14)6-9/h4-6H,7,15H2,1-3H3. The normalized spacial score (nSPS) is 10.7. The highest BCUT2D eigenvalue weighted by atomic mass is 79.9. The van der Waals surface area contributed by atoms with E-state index in [0.717, 1.165) is 32.7 Å². The van der Waals surface area contributed by atoms with Gasteiger partial charge in [-0.1, -0.05) is 6.07 Å². The lowest BCUT2D eigenvalue weighted by atomic mass is 10.0. The van der Waals surface area contributed by atoms with Crippen molar-refractivity contribution in [3.05, 3.63) is 34.1 Å². The van der Waals surface area contributed by atoms with Gasteiger partial charge in [0.05, 0.1) is 23.0 Å². The van der Waals surface area contributed by atoms with Crippen LogP contribution in [-0.2, 0) is 13.6 Å². The van der Waals surface area contributed by atoms with Crippen LogP contribution < -0.4 is 10.5 Å². The number of aromatic nitrogens is 2. The summed E-state index contributed by atoms with van der Waals surface area (Å²) in [6.45, 7) is 2.46. The predicted octanol–water partition coefficient (Wildman–Crippen LogP) is 2.63. The fraction of sp³-hybridized carbons (Fsp3) is 0.308. The Hall–Kier alpha value is -1.33. The van der Waals surface area contributed by atoms with Crippen molar-refractivity contribution in [2.45, 2.75) is 13.5 Å². The minimum absolute atomic E-state index is 0.469. The van der Waals surface area contributed by atoms with Crippen molar-refractivity contribution in [3.63, 3.8) is 0 Å². The minimum Gasteiger partial charge on any atom is -0.496 e. The predicted molar refractivity (Wildman–Crippen MR) is 75.5 cm³/mol. The first-order chi connectivity index (χ1) is 8.58. The number of nitrogens with two attached hydrogens (primary N) is 1. The number of aryl methyl sites for hydroxylation is 2. The quantitative estimate of drug-likeness (QED) is 0.948. The summed E-state index contributed by atoms with van der Waals surface area (Å²) in [7, 11) is 3.57. The van der Waals surface area contributed by atoms with Crippen LogP contribution in [0.3, 0.4) is 0 Å². The minimum atomic E-state index is 0.469. The van der Waals surface area contributed by atoms with Crippen LogP contribution in [0.4, 0.5) is 0 Å². The van der Waals surface area contributed by atoms with E-state index in [1.54, 1.807) is 7.11 Å². The Balaban J connectivity index is 2.58. The molecule has 2 aromatic rings. The van der Waals surface area contributed by atoms with Crippen LogP contribution in [0.1, 0.15) is 11.4 Å². The fourth-order valence-electron chi connectivity index (χ4n) is 2.14. The number of benzene rings is 1. The van der Waals surface area contributed by atoms with Crippen LogP contribution in [0, 0.1) is 6.92 Å². The highest BCUT2D eigenvalue weighted by Gasteiger charge is 2.14. The molecule has 5 heteroatoms. The molecule has 4 nitrogen and oxygen atoms in total. The SMILES string of the molecule is COc1ccc(-c2c(C)nn(C)c2CN)cc1Br.